The molecule has 0 fully saturated rings. The maximum atomic E-state index is 9.30. The first-order chi connectivity index (χ1) is 7.49. The normalized spacial score (nSPS) is 13.2. The molecule has 1 aromatic rings. The van der Waals surface area contributed by atoms with E-state index in [0.29, 0.717) is 5.69 Å². The fraction of sp³-hybridized carbons (Fsp3) is 0.200. The lowest BCUT2D eigenvalue weighted by Crippen LogP contribution is -2.26. The zero-order valence-electron chi connectivity index (χ0n) is 8.96. The highest BCUT2D eigenvalue weighted by Gasteiger charge is 1.99. The molecule has 0 aromatic heterocycles. The number of nitrogens with two attached hydrogens (primary N) is 3. The molecule has 0 aliphatic carbocycles. The molecule has 0 radical (unpaired) electrons. The molecule has 0 bridgehead atoms. The van der Waals surface area contributed by atoms with Crippen molar-refractivity contribution >= 4 is 17.6 Å². The summed E-state index contributed by atoms with van der Waals surface area (Å²) in [5, 5.41) is 9.30. The van der Waals surface area contributed by atoms with Gasteiger partial charge in [-0.15, -0.1) is 0 Å². The summed E-state index contributed by atoms with van der Waals surface area (Å²) in [6.45, 7) is 1.69. The van der Waals surface area contributed by atoms with Gasteiger partial charge in [0.25, 0.3) is 0 Å². The van der Waals surface area contributed by atoms with Gasteiger partial charge >= 0.3 is 0 Å². The summed E-state index contributed by atoms with van der Waals surface area (Å²) in [4.78, 5) is 7.55. The number of guanidine groups is 2. The van der Waals surface area contributed by atoms with Gasteiger partial charge in [-0.3, -0.25) is 0 Å². The van der Waals surface area contributed by atoms with E-state index in [0.717, 1.165) is 5.56 Å². The SMILES string of the molecule is CC(O)c1ccc(N=C(N)N=C(N)N)cc1. The van der Waals surface area contributed by atoms with Gasteiger partial charge in [0, 0.05) is 0 Å². The van der Waals surface area contributed by atoms with Crippen LogP contribution in [0.15, 0.2) is 34.3 Å². The van der Waals surface area contributed by atoms with Crippen molar-refractivity contribution in [2.24, 2.45) is 27.2 Å². The second-order valence-electron chi connectivity index (χ2n) is 3.27. The summed E-state index contributed by atoms with van der Waals surface area (Å²) < 4.78 is 0. The van der Waals surface area contributed by atoms with Crippen LogP contribution in [0.1, 0.15) is 18.6 Å². The van der Waals surface area contributed by atoms with E-state index in [9.17, 15) is 5.11 Å². The summed E-state index contributed by atoms with van der Waals surface area (Å²) in [6.07, 6.45) is -0.506. The Kier molecular flexibility index (Phi) is 3.84. The quantitative estimate of drug-likeness (QED) is 0.413. The van der Waals surface area contributed by atoms with Gasteiger partial charge in [-0.2, -0.15) is 4.99 Å². The topological polar surface area (TPSA) is 123 Å². The van der Waals surface area contributed by atoms with Crippen LogP contribution in [0.3, 0.4) is 0 Å². The Bertz CT molecular complexity index is 404. The molecule has 6 nitrogen and oxygen atoms in total. The minimum absolute atomic E-state index is 0.00945. The van der Waals surface area contributed by atoms with Crippen LogP contribution in [0.4, 0.5) is 5.69 Å². The number of nitrogens with zero attached hydrogens (tertiary/aromatic N) is 2. The molecule has 0 saturated heterocycles. The lowest BCUT2D eigenvalue weighted by Gasteiger charge is -2.03. The molecule has 1 unspecified atom stereocenters. The fourth-order valence-electron chi connectivity index (χ4n) is 1.12. The summed E-state index contributed by atoms with van der Waals surface area (Å²) in [7, 11) is 0. The van der Waals surface area contributed by atoms with Gasteiger partial charge in [-0.05, 0) is 24.6 Å². The monoisotopic (exact) mass is 221 g/mol. The highest BCUT2D eigenvalue weighted by Crippen LogP contribution is 2.17. The lowest BCUT2D eigenvalue weighted by molar-refractivity contribution is 0.199. The van der Waals surface area contributed by atoms with E-state index in [2.05, 4.69) is 9.98 Å². The van der Waals surface area contributed by atoms with Crippen molar-refractivity contribution in [2.45, 2.75) is 13.0 Å². The minimum Gasteiger partial charge on any atom is -0.389 e. The zero-order valence-corrected chi connectivity index (χ0v) is 8.96. The minimum atomic E-state index is -0.506. The van der Waals surface area contributed by atoms with Gasteiger partial charge in [-0.25, -0.2) is 4.99 Å². The average Bonchev–Trinajstić information content (AvgIpc) is 2.16. The van der Waals surface area contributed by atoms with Crippen LogP contribution in [-0.2, 0) is 0 Å². The molecular formula is C10H15N5O. The predicted molar refractivity (Wildman–Crippen MR) is 64.2 cm³/mol. The molecular weight excluding hydrogens is 206 g/mol. The van der Waals surface area contributed by atoms with Crippen LogP contribution < -0.4 is 17.2 Å². The number of aliphatic imine (C=N–C) groups is 2. The van der Waals surface area contributed by atoms with E-state index in [1.54, 1.807) is 31.2 Å². The number of hydrogen-bond acceptors (Lipinski definition) is 2. The third-order valence-corrected chi connectivity index (χ3v) is 1.86. The van der Waals surface area contributed by atoms with Crippen molar-refractivity contribution in [2.75, 3.05) is 0 Å². The van der Waals surface area contributed by atoms with Crippen LogP contribution in [-0.4, -0.2) is 17.0 Å². The molecule has 0 spiro atoms. The number of rotatable bonds is 2. The maximum Gasteiger partial charge on any atom is 0.223 e. The molecule has 0 saturated carbocycles. The highest BCUT2D eigenvalue weighted by atomic mass is 16.3. The van der Waals surface area contributed by atoms with Crippen LogP contribution in [0.2, 0.25) is 0 Å². The largest absolute Gasteiger partial charge is 0.389 e. The summed E-state index contributed by atoms with van der Waals surface area (Å²) >= 11 is 0. The number of aliphatic hydroxyl groups excluding tert-OH is 1. The third-order valence-electron chi connectivity index (χ3n) is 1.86. The Labute approximate surface area is 93.5 Å². The van der Waals surface area contributed by atoms with Crippen molar-refractivity contribution in [1.82, 2.24) is 0 Å². The lowest BCUT2D eigenvalue weighted by atomic mass is 10.1. The molecule has 1 rings (SSSR count). The van der Waals surface area contributed by atoms with Gasteiger partial charge in [0.05, 0.1) is 11.8 Å². The van der Waals surface area contributed by atoms with Crippen LogP contribution in [0, 0.1) is 0 Å². The van der Waals surface area contributed by atoms with E-state index in [1.165, 1.54) is 0 Å². The molecule has 1 aromatic carbocycles. The highest BCUT2D eigenvalue weighted by molar-refractivity contribution is 5.93. The summed E-state index contributed by atoms with van der Waals surface area (Å²) in [6, 6.07) is 6.95. The fourth-order valence-corrected chi connectivity index (χ4v) is 1.12. The number of benzene rings is 1. The molecule has 6 heteroatoms. The standard InChI is InChI=1S/C10H15N5O/c1-6(16)7-2-4-8(5-3-7)14-10(13)15-9(11)12/h2-6,16H,1H3,(H6,11,12,13,14,15). The molecule has 0 heterocycles. The second kappa shape index (κ2) is 5.13. The first kappa shape index (κ1) is 12.0. The second-order valence-corrected chi connectivity index (χ2v) is 3.27. The van der Waals surface area contributed by atoms with Gasteiger partial charge < -0.3 is 22.3 Å². The van der Waals surface area contributed by atoms with E-state index < -0.39 is 6.10 Å². The average molecular weight is 221 g/mol. The smallest absolute Gasteiger partial charge is 0.223 e. The Morgan fingerprint density at radius 1 is 1.19 bits per heavy atom. The van der Waals surface area contributed by atoms with E-state index >= 15 is 0 Å². The maximum absolute atomic E-state index is 9.30. The molecule has 0 aliphatic heterocycles. The van der Waals surface area contributed by atoms with Gasteiger partial charge in [0.15, 0.2) is 5.96 Å². The Balaban J connectivity index is 2.87. The predicted octanol–water partition coefficient (Wildman–Crippen LogP) is -0.0405. The number of aliphatic hydroxyl groups is 1. The Hall–Kier alpha value is -2.08. The molecule has 0 amide bonds. The molecule has 86 valence electrons. The molecule has 1 atom stereocenters. The van der Waals surface area contributed by atoms with E-state index in [1.807, 2.05) is 0 Å². The Morgan fingerprint density at radius 3 is 2.19 bits per heavy atom. The third kappa shape index (κ3) is 3.58. The van der Waals surface area contributed by atoms with Gasteiger partial charge in [-0.1, -0.05) is 12.1 Å². The van der Waals surface area contributed by atoms with Crippen molar-refractivity contribution < 1.29 is 5.11 Å². The van der Waals surface area contributed by atoms with Gasteiger partial charge in [0.2, 0.25) is 5.96 Å². The van der Waals surface area contributed by atoms with Crippen LogP contribution in [0.5, 0.6) is 0 Å². The van der Waals surface area contributed by atoms with Crippen molar-refractivity contribution in [1.29, 1.82) is 0 Å². The molecule has 0 aliphatic rings. The molecule has 7 N–H and O–H groups in total. The van der Waals surface area contributed by atoms with Crippen molar-refractivity contribution in [3.8, 4) is 0 Å². The van der Waals surface area contributed by atoms with Gasteiger partial charge in [0.1, 0.15) is 0 Å². The first-order valence-corrected chi connectivity index (χ1v) is 4.71. The van der Waals surface area contributed by atoms with Crippen LogP contribution >= 0.6 is 0 Å². The molecule has 16 heavy (non-hydrogen) atoms. The summed E-state index contributed by atoms with van der Waals surface area (Å²) in [5.41, 5.74) is 17.2. The first-order valence-electron chi connectivity index (χ1n) is 4.71. The number of hydrogen-bond donors (Lipinski definition) is 4. The zero-order chi connectivity index (χ0) is 12.1. The Morgan fingerprint density at radius 2 is 1.75 bits per heavy atom. The van der Waals surface area contributed by atoms with E-state index in [-0.39, 0.29) is 11.9 Å². The van der Waals surface area contributed by atoms with Crippen molar-refractivity contribution in [3.63, 3.8) is 0 Å². The van der Waals surface area contributed by atoms with E-state index in [4.69, 9.17) is 17.2 Å². The van der Waals surface area contributed by atoms with Crippen LogP contribution in [0.25, 0.3) is 0 Å². The van der Waals surface area contributed by atoms with Crippen molar-refractivity contribution in [3.05, 3.63) is 29.8 Å². The summed E-state index contributed by atoms with van der Waals surface area (Å²) in [5.74, 6) is -0.147.